The van der Waals surface area contributed by atoms with Gasteiger partial charge in [0.1, 0.15) is 0 Å². The Kier molecular flexibility index (Phi) is 4.59. The monoisotopic (exact) mass is 332 g/mol. The maximum absolute atomic E-state index is 11.5. The number of thioether (sulfide) groups is 1. The molecule has 0 aliphatic carbocycles. The van der Waals surface area contributed by atoms with Crippen LogP contribution in [0.2, 0.25) is 0 Å². The van der Waals surface area contributed by atoms with E-state index < -0.39 is 0 Å². The molecule has 2 heterocycles. The summed E-state index contributed by atoms with van der Waals surface area (Å²) in [6, 6.07) is 8.29. The summed E-state index contributed by atoms with van der Waals surface area (Å²) >= 11 is 3.19. The van der Waals surface area contributed by atoms with Crippen molar-refractivity contribution in [3.05, 3.63) is 35.2 Å². The molecule has 2 amide bonds. The van der Waals surface area contributed by atoms with Gasteiger partial charge in [-0.25, -0.2) is 4.98 Å². The fourth-order valence-electron chi connectivity index (χ4n) is 2.28. The summed E-state index contributed by atoms with van der Waals surface area (Å²) < 4.78 is 0.967. The quantitative estimate of drug-likeness (QED) is 0.622. The van der Waals surface area contributed by atoms with E-state index in [1.165, 1.54) is 10.5 Å². The molecule has 0 radical (unpaired) electrons. The van der Waals surface area contributed by atoms with Crippen LogP contribution in [0.4, 0.5) is 0 Å². The maximum Gasteiger partial charge on any atom is 0.229 e. The van der Waals surface area contributed by atoms with Crippen LogP contribution in [-0.4, -0.2) is 34.0 Å². The number of rotatable bonds is 5. The van der Waals surface area contributed by atoms with Crippen molar-refractivity contribution in [1.82, 2.24) is 9.88 Å². The molecule has 4 nitrogen and oxygen atoms in total. The molecule has 22 heavy (non-hydrogen) atoms. The van der Waals surface area contributed by atoms with Crippen molar-refractivity contribution in [3.8, 4) is 11.3 Å². The maximum atomic E-state index is 11.5. The summed E-state index contributed by atoms with van der Waals surface area (Å²) in [5.41, 5.74) is 3.31. The second kappa shape index (κ2) is 6.62. The lowest BCUT2D eigenvalue weighted by Crippen LogP contribution is -2.31. The summed E-state index contributed by atoms with van der Waals surface area (Å²) in [6.45, 7) is 2.54. The van der Waals surface area contributed by atoms with Crippen molar-refractivity contribution >= 4 is 34.9 Å². The molecule has 114 valence electrons. The van der Waals surface area contributed by atoms with Crippen LogP contribution in [0.5, 0.6) is 0 Å². The van der Waals surface area contributed by atoms with E-state index in [2.05, 4.69) is 36.2 Å². The summed E-state index contributed by atoms with van der Waals surface area (Å²) in [7, 11) is 0. The fraction of sp³-hybridized carbons (Fsp3) is 0.312. The highest BCUT2D eigenvalue weighted by atomic mass is 32.2. The molecule has 1 aromatic carbocycles. The van der Waals surface area contributed by atoms with Crippen LogP contribution in [0, 0.1) is 6.92 Å². The number of amides is 2. The Morgan fingerprint density at radius 3 is 2.55 bits per heavy atom. The second-order valence-corrected chi connectivity index (χ2v) is 7.35. The molecule has 2 aromatic rings. The number of aryl methyl sites for hydroxylation is 1. The zero-order valence-electron chi connectivity index (χ0n) is 12.2. The zero-order chi connectivity index (χ0) is 15.5. The van der Waals surface area contributed by atoms with Crippen molar-refractivity contribution < 1.29 is 9.59 Å². The van der Waals surface area contributed by atoms with Crippen molar-refractivity contribution in [2.45, 2.75) is 24.1 Å². The van der Waals surface area contributed by atoms with Crippen LogP contribution in [0.25, 0.3) is 11.3 Å². The highest BCUT2D eigenvalue weighted by molar-refractivity contribution is 8.01. The standard InChI is InChI=1S/C16H16N2O2S2/c1-11-2-4-12(5-3-11)13-10-22-16(17-13)21-9-8-18-14(19)6-7-15(18)20/h2-5,10H,6-9H2,1H3. The van der Waals surface area contributed by atoms with E-state index in [-0.39, 0.29) is 11.8 Å². The van der Waals surface area contributed by atoms with Crippen molar-refractivity contribution in [1.29, 1.82) is 0 Å². The predicted molar refractivity (Wildman–Crippen MR) is 89.0 cm³/mol. The lowest BCUT2D eigenvalue weighted by molar-refractivity contribution is -0.137. The average Bonchev–Trinajstić information content (AvgIpc) is 3.10. The Morgan fingerprint density at radius 2 is 1.86 bits per heavy atom. The van der Waals surface area contributed by atoms with Gasteiger partial charge in [0.25, 0.3) is 0 Å². The van der Waals surface area contributed by atoms with Crippen LogP contribution in [0.3, 0.4) is 0 Å². The van der Waals surface area contributed by atoms with Crippen LogP contribution in [0.15, 0.2) is 34.0 Å². The Labute approximate surface area is 137 Å². The van der Waals surface area contributed by atoms with E-state index in [1.807, 2.05) is 5.38 Å². The SMILES string of the molecule is Cc1ccc(-c2csc(SCCN3C(=O)CCC3=O)n2)cc1. The van der Waals surface area contributed by atoms with Gasteiger partial charge in [0.15, 0.2) is 4.34 Å². The first-order valence-electron chi connectivity index (χ1n) is 7.12. The minimum atomic E-state index is -0.0508. The molecule has 1 saturated heterocycles. The van der Waals surface area contributed by atoms with Gasteiger partial charge in [-0.3, -0.25) is 14.5 Å². The molecule has 1 aliphatic rings. The van der Waals surface area contributed by atoms with Gasteiger partial charge < -0.3 is 0 Å². The number of likely N-dealkylation sites (tertiary alicyclic amines) is 1. The van der Waals surface area contributed by atoms with Gasteiger partial charge >= 0.3 is 0 Å². The molecule has 0 unspecified atom stereocenters. The molecule has 1 fully saturated rings. The fourth-order valence-corrected chi connectivity index (χ4v) is 4.11. The highest BCUT2D eigenvalue weighted by Crippen LogP contribution is 2.28. The van der Waals surface area contributed by atoms with Crippen molar-refractivity contribution in [3.63, 3.8) is 0 Å². The molecule has 1 aromatic heterocycles. The van der Waals surface area contributed by atoms with Crippen LogP contribution < -0.4 is 0 Å². The zero-order valence-corrected chi connectivity index (χ0v) is 13.9. The number of carbonyl (C=O) groups is 2. The van der Waals surface area contributed by atoms with E-state index in [9.17, 15) is 9.59 Å². The molecule has 0 bridgehead atoms. The number of carbonyl (C=O) groups excluding carboxylic acids is 2. The largest absolute Gasteiger partial charge is 0.282 e. The topological polar surface area (TPSA) is 50.3 Å². The number of hydrogen-bond donors (Lipinski definition) is 0. The smallest absolute Gasteiger partial charge is 0.229 e. The summed E-state index contributed by atoms with van der Waals surface area (Å²) in [4.78, 5) is 29.0. The normalized spacial score (nSPS) is 14.9. The number of hydrogen-bond acceptors (Lipinski definition) is 5. The Morgan fingerprint density at radius 1 is 1.18 bits per heavy atom. The van der Waals surface area contributed by atoms with E-state index in [4.69, 9.17) is 0 Å². The summed E-state index contributed by atoms with van der Waals surface area (Å²) in [6.07, 6.45) is 0.719. The van der Waals surface area contributed by atoms with E-state index in [0.29, 0.717) is 25.1 Å². The third kappa shape index (κ3) is 3.39. The van der Waals surface area contributed by atoms with E-state index in [0.717, 1.165) is 15.6 Å². The van der Waals surface area contributed by atoms with Gasteiger partial charge in [-0.2, -0.15) is 0 Å². The van der Waals surface area contributed by atoms with Crippen LogP contribution in [-0.2, 0) is 9.59 Å². The molecular weight excluding hydrogens is 316 g/mol. The van der Waals surface area contributed by atoms with Crippen molar-refractivity contribution in [2.75, 3.05) is 12.3 Å². The molecule has 0 spiro atoms. The first kappa shape index (κ1) is 15.2. The Hall–Kier alpha value is -1.66. The minimum Gasteiger partial charge on any atom is -0.282 e. The van der Waals surface area contributed by atoms with Gasteiger partial charge in [0.05, 0.1) is 5.69 Å². The average molecular weight is 332 g/mol. The first-order chi connectivity index (χ1) is 10.6. The number of thiazole rings is 1. The third-order valence-electron chi connectivity index (χ3n) is 3.53. The van der Waals surface area contributed by atoms with E-state index in [1.54, 1.807) is 23.1 Å². The summed E-state index contributed by atoms with van der Waals surface area (Å²) in [5, 5.41) is 2.04. The molecule has 3 rings (SSSR count). The van der Waals surface area contributed by atoms with Gasteiger partial charge in [0, 0.05) is 36.1 Å². The lowest BCUT2D eigenvalue weighted by Gasteiger charge is -2.12. The Bertz CT molecular complexity index is 678. The van der Waals surface area contributed by atoms with Crippen molar-refractivity contribution in [2.24, 2.45) is 0 Å². The van der Waals surface area contributed by atoms with Gasteiger partial charge in [0.2, 0.25) is 11.8 Å². The van der Waals surface area contributed by atoms with Crippen LogP contribution >= 0.6 is 23.1 Å². The number of benzene rings is 1. The molecular formula is C16H16N2O2S2. The number of imide groups is 1. The van der Waals surface area contributed by atoms with Gasteiger partial charge in [-0.15, -0.1) is 11.3 Å². The van der Waals surface area contributed by atoms with Crippen LogP contribution in [0.1, 0.15) is 18.4 Å². The minimum absolute atomic E-state index is 0.0508. The molecule has 1 aliphatic heterocycles. The third-order valence-corrected chi connectivity index (χ3v) is 5.53. The predicted octanol–water partition coefficient (Wildman–Crippen LogP) is 3.36. The van der Waals surface area contributed by atoms with E-state index >= 15 is 0 Å². The second-order valence-electron chi connectivity index (χ2n) is 5.15. The molecule has 0 saturated carbocycles. The number of nitrogens with zero attached hydrogens (tertiary/aromatic N) is 2. The highest BCUT2D eigenvalue weighted by Gasteiger charge is 2.28. The van der Waals surface area contributed by atoms with Gasteiger partial charge in [-0.05, 0) is 6.92 Å². The first-order valence-corrected chi connectivity index (χ1v) is 8.98. The molecule has 6 heteroatoms. The number of aromatic nitrogens is 1. The lowest BCUT2D eigenvalue weighted by atomic mass is 10.1. The molecule has 0 N–H and O–H groups in total. The Balaban J connectivity index is 1.57. The molecule has 0 atom stereocenters. The summed E-state index contributed by atoms with van der Waals surface area (Å²) in [5.74, 6) is 0.591. The van der Waals surface area contributed by atoms with Gasteiger partial charge in [-0.1, -0.05) is 41.6 Å².